The minimum atomic E-state index is -0.254. The lowest BCUT2D eigenvalue weighted by Gasteiger charge is -2.10. The lowest BCUT2D eigenvalue weighted by molar-refractivity contribution is -0.117. The van der Waals surface area contributed by atoms with Gasteiger partial charge < -0.3 is 10.6 Å². The number of para-hydroxylation sites is 1. The van der Waals surface area contributed by atoms with Gasteiger partial charge in [0.25, 0.3) is 11.8 Å². The molecule has 1 heterocycles. The van der Waals surface area contributed by atoms with E-state index in [1.165, 1.54) is 16.8 Å². The molecule has 8 heteroatoms. The molecule has 2 N–H and O–H groups in total. The first kappa shape index (κ1) is 22.3. The van der Waals surface area contributed by atoms with Crippen molar-refractivity contribution in [2.24, 2.45) is 5.10 Å². The first-order valence-electron chi connectivity index (χ1n) is 10.3. The Bertz CT molecular complexity index is 1230. The zero-order valence-corrected chi connectivity index (χ0v) is 18.8. The first-order valence-corrected chi connectivity index (χ1v) is 11.3. The molecule has 166 valence electrons. The number of carbonyl (C=O) groups is 3. The number of thioether (sulfide) groups is 1. The quantitative estimate of drug-likeness (QED) is 0.542. The Labute approximate surface area is 195 Å². The van der Waals surface area contributed by atoms with Gasteiger partial charge in [0.1, 0.15) is 5.84 Å². The van der Waals surface area contributed by atoms with Crippen LogP contribution in [0.2, 0.25) is 0 Å². The van der Waals surface area contributed by atoms with Crippen molar-refractivity contribution < 1.29 is 14.4 Å². The van der Waals surface area contributed by atoms with Crippen LogP contribution in [0, 0.1) is 6.92 Å². The Morgan fingerprint density at radius 2 is 1.76 bits per heavy atom. The molecular formula is C25H22N4O3S. The topological polar surface area (TPSA) is 90.9 Å². The number of nitrogens with zero attached hydrogens (tertiary/aromatic N) is 2. The zero-order chi connectivity index (χ0) is 23.2. The predicted octanol–water partition coefficient (Wildman–Crippen LogP) is 4.21. The molecule has 33 heavy (non-hydrogen) atoms. The van der Waals surface area contributed by atoms with Gasteiger partial charge in [-0.1, -0.05) is 42.0 Å². The summed E-state index contributed by atoms with van der Waals surface area (Å²) in [5.41, 5.74) is 2.91. The average Bonchev–Trinajstić information content (AvgIpc) is 3.18. The van der Waals surface area contributed by atoms with Crippen molar-refractivity contribution in [1.82, 2.24) is 5.32 Å². The molecule has 0 saturated heterocycles. The molecule has 1 aliphatic heterocycles. The Morgan fingerprint density at radius 1 is 0.970 bits per heavy atom. The number of amidine groups is 1. The van der Waals surface area contributed by atoms with Crippen molar-refractivity contribution in [1.29, 1.82) is 0 Å². The molecule has 4 rings (SSSR count). The van der Waals surface area contributed by atoms with Crippen LogP contribution in [0.25, 0.3) is 0 Å². The van der Waals surface area contributed by atoms with Crippen LogP contribution in [0.15, 0.2) is 88.9 Å². The van der Waals surface area contributed by atoms with Gasteiger partial charge in [-0.3, -0.25) is 14.4 Å². The van der Waals surface area contributed by atoms with E-state index < -0.39 is 0 Å². The van der Waals surface area contributed by atoms with Gasteiger partial charge >= 0.3 is 0 Å². The summed E-state index contributed by atoms with van der Waals surface area (Å²) >= 11 is 1.33. The summed E-state index contributed by atoms with van der Waals surface area (Å²) in [7, 11) is 0. The highest BCUT2D eigenvalue weighted by Gasteiger charge is 2.26. The second-order valence-corrected chi connectivity index (χ2v) is 8.50. The molecule has 0 radical (unpaired) electrons. The van der Waals surface area contributed by atoms with Crippen LogP contribution in [0.4, 0.5) is 11.4 Å². The largest absolute Gasteiger partial charge is 0.322 e. The van der Waals surface area contributed by atoms with Crippen molar-refractivity contribution in [3.63, 3.8) is 0 Å². The lowest BCUT2D eigenvalue weighted by atomic mass is 10.1. The minimum Gasteiger partial charge on any atom is -0.322 e. The molecule has 0 aliphatic carbocycles. The smallest absolute Gasteiger partial charge is 0.255 e. The fraction of sp³-hybridized carbons (Fsp3) is 0.120. The number of hydrogen-bond acceptors (Lipinski definition) is 5. The summed E-state index contributed by atoms with van der Waals surface area (Å²) in [6, 6.07) is 23.8. The van der Waals surface area contributed by atoms with Gasteiger partial charge in [0.2, 0.25) is 5.91 Å². The van der Waals surface area contributed by atoms with E-state index in [2.05, 4.69) is 15.7 Å². The van der Waals surface area contributed by atoms with Gasteiger partial charge in [-0.2, -0.15) is 10.1 Å². The van der Waals surface area contributed by atoms with Crippen molar-refractivity contribution >= 4 is 46.7 Å². The lowest BCUT2D eigenvalue weighted by Crippen LogP contribution is -2.31. The zero-order valence-electron chi connectivity index (χ0n) is 17.9. The minimum absolute atomic E-state index is 0.0474. The second kappa shape index (κ2) is 10.1. The van der Waals surface area contributed by atoms with Gasteiger partial charge in [0.15, 0.2) is 0 Å². The molecule has 0 spiro atoms. The highest BCUT2D eigenvalue weighted by molar-refractivity contribution is 8.00. The number of amides is 3. The molecule has 0 fully saturated rings. The van der Waals surface area contributed by atoms with Gasteiger partial charge in [0.05, 0.1) is 17.9 Å². The Hall–Kier alpha value is -3.91. The summed E-state index contributed by atoms with van der Waals surface area (Å²) in [6.45, 7) is 1.94. The third kappa shape index (κ3) is 5.87. The molecule has 0 saturated carbocycles. The van der Waals surface area contributed by atoms with Gasteiger partial charge in [0, 0.05) is 16.1 Å². The fourth-order valence-corrected chi connectivity index (χ4v) is 4.02. The van der Waals surface area contributed by atoms with Crippen LogP contribution in [-0.4, -0.2) is 29.3 Å². The van der Waals surface area contributed by atoms with Crippen LogP contribution in [0.1, 0.15) is 22.3 Å². The normalized spacial score (nSPS) is 12.9. The van der Waals surface area contributed by atoms with Crippen LogP contribution in [0.3, 0.4) is 0 Å². The highest BCUT2D eigenvalue weighted by atomic mass is 32.2. The first-order chi connectivity index (χ1) is 16.0. The SMILES string of the molecule is Cc1cccc(C(=O)Nc2cccc(SCC(=O)NC3=NN(c4ccccc4)C(=O)C3)c2)c1. The number of rotatable bonds is 6. The second-order valence-electron chi connectivity index (χ2n) is 7.45. The van der Waals surface area contributed by atoms with Crippen LogP contribution in [-0.2, 0) is 9.59 Å². The maximum atomic E-state index is 12.5. The van der Waals surface area contributed by atoms with Gasteiger partial charge in [-0.05, 0) is 49.4 Å². The van der Waals surface area contributed by atoms with Crippen LogP contribution in [0.5, 0.6) is 0 Å². The average molecular weight is 459 g/mol. The molecule has 7 nitrogen and oxygen atoms in total. The third-order valence-corrected chi connectivity index (χ3v) is 5.80. The number of anilines is 2. The summed E-state index contributed by atoms with van der Waals surface area (Å²) in [5, 5.41) is 11.1. The molecule has 0 unspecified atom stereocenters. The van der Waals surface area contributed by atoms with E-state index in [1.54, 1.807) is 24.3 Å². The van der Waals surface area contributed by atoms with Gasteiger partial charge in [-0.25, -0.2) is 0 Å². The van der Waals surface area contributed by atoms with E-state index in [4.69, 9.17) is 0 Å². The number of aryl methyl sites for hydroxylation is 1. The molecule has 0 atom stereocenters. The van der Waals surface area contributed by atoms with E-state index in [1.807, 2.05) is 61.5 Å². The predicted molar refractivity (Wildman–Crippen MR) is 130 cm³/mol. The fourth-order valence-electron chi connectivity index (χ4n) is 3.27. The Kier molecular flexibility index (Phi) is 6.85. The molecular weight excluding hydrogens is 436 g/mol. The monoisotopic (exact) mass is 458 g/mol. The molecule has 0 bridgehead atoms. The molecule has 0 aromatic heterocycles. The van der Waals surface area contributed by atoms with E-state index in [0.717, 1.165) is 10.5 Å². The van der Waals surface area contributed by atoms with Crippen molar-refractivity contribution in [2.45, 2.75) is 18.2 Å². The van der Waals surface area contributed by atoms with Crippen molar-refractivity contribution in [2.75, 3.05) is 16.1 Å². The third-order valence-electron chi connectivity index (χ3n) is 4.80. The van der Waals surface area contributed by atoms with E-state index in [-0.39, 0.29) is 29.9 Å². The van der Waals surface area contributed by atoms with Crippen molar-refractivity contribution in [3.8, 4) is 0 Å². The number of benzene rings is 3. The maximum Gasteiger partial charge on any atom is 0.255 e. The molecule has 3 aromatic rings. The number of nitrogens with one attached hydrogen (secondary N) is 2. The van der Waals surface area contributed by atoms with E-state index in [9.17, 15) is 14.4 Å². The van der Waals surface area contributed by atoms with Crippen LogP contribution < -0.4 is 15.6 Å². The van der Waals surface area contributed by atoms with Crippen LogP contribution >= 0.6 is 11.8 Å². The Balaban J connectivity index is 1.32. The number of hydrazone groups is 1. The number of hydrogen-bond donors (Lipinski definition) is 2. The number of carbonyl (C=O) groups excluding carboxylic acids is 3. The molecule has 1 aliphatic rings. The van der Waals surface area contributed by atoms with Gasteiger partial charge in [-0.15, -0.1) is 11.8 Å². The Morgan fingerprint density at radius 3 is 2.55 bits per heavy atom. The standard InChI is InChI=1S/C25H22N4O3S/c1-17-7-5-8-18(13-17)25(32)26-19-9-6-12-21(14-19)33-16-23(30)27-22-15-24(31)29(28-22)20-10-3-2-4-11-20/h2-14H,15-16H2,1H3,(H,26,32)(H,27,28,30). The highest BCUT2D eigenvalue weighted by Crippen LogP contribution is 2.23. The van der Waals surface area contributed by atoms with E-state index in [0.29, 0.717) is 22.8 Å². The summed E-state index contributed by atoms with van der Waals surface area (Å²) in [5.74, 6) is -0.163. The van der Waals surface area contributed by atoms with E-state index >= 15 is 0 Å². The summed E-state index contributed by atoms with van der Waals surface area (Å²) < 4.78 is 0. The summed E-state index contributed by atoms with van der Waals surface area (Å²) in [4.78, 5) is 37.9. The molecule has 3 amide bonds. The maximum absolute atomic E-state index is 12.5. The summed E-state index contributed by atoms with van der Waals surface area (Å²) in [6.07, 6.45) is 0.0474. The molecule has 3 aromatic carbocycles. The van der Waals surface area contributed by atoms with Crippen molar-refractivity contribution in [3.05, 3.63) is 90.0 Å².